The number of carbonyl (C=O) groups is 1. The van der Waals surface area contributed by atoms with E-state index < -0.39 is 0 Å². The Morgan fingerprint density at radius 3 is 2.58 bits per heavy atom. The Balaban J connectivity index is 1.88. The molecule has 0 aromatic heterocycles. The Morgan fingerprint density at radius 1 is 1.37 bits per heavy atom. The first-order chi connectivity index (χ1) is 9.19. The van der Waals surface area contributed by atoms with Crippen LogP contribution in [0.25, 0.3) is 0 Å². The molecule has 1 aromatic rings. The highest BCUT2D eigenvalue weighted by Crippen LogP contribution is 2.34. The molecule has 0 aliphatic heterocycles. The third-order valence-electron chi connectivity index (χ3n) is 3.51. The number of nitrogens with two attached hydrogens (primary N) is 1. The van der Waals surface area contributed by atoms with Crippen LogP contribution in [0.2, 0.25) is 0 Å². The van der Waals surface area contributed by atoms with Gasteiger partial charge in [0.15, 0.2) is 0 Å². The molecule has 1 fully saturated rings. The maximum atomic E-state index is 12.0. The quantitative estimate of drug-likeness (QED) is 0.739. The summed E-state index contributed by atoms with van der Waals surface area (Å²) < 4.78 is 5.56. The fraction of sp³-hybridized carbons (Fsp3) is 0.533. The number of unbranched alkanes of at least 4 members (excludes halogenated alkanes) is 1. The molecule has 2 rings (SSSR count). The zero-order chi connectivity index (χ0) is 13.7. The Morgan fingerprint density at radius 2 is 2.05 bits per heavy atom. The van der Waals surface area contributed by atoms with Crippen molar-refractivity contribution in [2.75, 3.05) is 13.2 Å². The third-order valence-corrected chi connectivity index (χ3v) is 3.51. The van der Waals surface area contributed by atoms with Crippen molar-refractivity contribution in [3.8, 4) is 5.75 Å². The molecule has 0 unspecified atom stereocenters. The standard InChI is InChI=1S/C15H22N2O2/c1-2-3-10-19-13-6-4-12(5-7-13)14(18)17-15(11-16)8-9-15/h4-7H,2-3,8-11,16H2,1H3,(H,17,18). The first-order valence-electron chi connectivity index (χ1n) is 6.94. The average molecular weight is 262 g/mol. The van der Waals surface area contributed by atoms with Gasteiger partial charge in [-0.2, -0.15) is 0 Å². The van der Waals surface area contributed by atoms with Gasteiger partial charge in [-0.05, 0) is 43.5 Å². The van der Waals surface area contributed by atoms with Gasteiger partial charge in [0, 0.05) is 12.1 Å². The molecule has 0 heterocycles. The van der Waals surface area contributed by atoms with Crippen LogP contribution < -0.4 is 15.8 Å². The van der Waals surface area contributed by atoms with Gasteiger partial charge in [0.05, 0.1) is 12.1 Å². The topological polar surface area (TPSA) is 64.3 Å². The normalized spacial score (nSPS) is 15.9. The Hall–Kier alpha value is -1.55. The van der Waals surface area contributed by atoms with Crippen molar-refractivity contribution in [3.05, 3.63) is 29.8 Å². The number of hydrogen-bond acceptors (Lipinski definition) is 3. The van der Waals surface area contributed by atoms with Gasteiger partial charge in [0.2, 0.25) is 0 Å². The Bertz CT molecular complexity index is 424. The number of carbonyl (C=O) groups excluding carboxylic acids is 1. The van der Waals surface area contributed by atoms with Gasteiger partial charge in [-0.1, -0.05) is 13.3 Å². The summed E-state index contributed by atoms with van der Waals surface area (Å²) in [4.78, 5) is 12.0. The van der Waals surface area contributed by atoms with Crippen molar-refractivity contribution in [2.24, 2.45) is 5.73 Å². The lowest BCUT2D eigenvalue weighted by atomic mass is 10.1. The van der Waals surface area contributed by atoms with E-state index in [1.54, 1.807) is 12.1 Å². The second kappa shape index (κ2) is 6.06. The fourth-order valence-corrected chi connectivity index (χ4v) is 1.88. The summed E-state index contributed by atoms with van der Waals surface area (Å²) in [5.41, 5.74) is 6.16. The minimum absolute atomic E-state index is 0.0527. The third kappa shape index (κ3) is 3.70. The molecule has 0 bridgehead atoms. The lowest BCUT2D eigenvalue weighted by Gasteiger charge is -2.15. The molecule has 0 atom stereocenters. The highest BCUT2D eigenvalue weighted by atomic mass is 16.5. The maximum absolute atomic E-state index is 12.0. The van der Waals surface area contributed by atoms with Crippen molar-refractivity contribution < 1.29 is 9.53 Å². The fourth-order valence-electron chi connectivity index (χ4n) is 1.88. The van der Waals surface area contributed by atoms with Gasteiger partial charge in [-0.25, -0.2) is 0 Å². The lowest BCUT2D eigenvalue weighted by Crippen LogP contribution is -2.42. The van der Waals surface area contributed by atoms with E-state index in [-0.39, 0.29) is 11.4 Å². The van der Waals surface area contributed by atoms with E-state index in [9.17, 15) is 4.79 Å². The van der Waals surface area contributed by atoms with E-state index >= 15 is 0 Å². The van der Waals surface area contributed by atoms with Gasteiger partial charge in [-0.3, -0.25) is 4.79 Å². The van der Waals surface area contributed by atoms with Crippen LogP contribution in [0, 0.1) is 0 Å². The van der Waals surface area contributed by atoms with Gasteiger partial charge >= 0.3 is 0 Å². The zero-order valence-electron chi connectivity index (χ0n) is 11.4. The minimum atomic E-state index is -0.145. The van der Waals surface area contributed by atoms with Crippen LogP contribution in [-0.4, -0.2) is 24.6 Å². The minimum Gasteiger partial charge on any atom is -0.494 e. The maximum Gasteiger partial charge on any atom is 0.251 e. The predicted octanol–water partition coefficient (Wildman–Crippen LogP) is 2.09. The van der Waals surface area contributed by atoms with Crippen molar-refractivity contribution in [1.82, 2.24) is 5.32 Å². The van der Waals surface area contributed by atoms with Crippen LogP contribution in [0.1, 0.15) is 43.0 Å². The average Bonchev–Trinajstić information content (AvgIpc) is 3.20. The molecule has 19 heavy (non-hydrogen) atoms. The molecular formula is C15H22N2O2. The lowest BCUT2D eigenvalue weighted by molar-refractivity contribution is 0.0933. The summed E-state index contributed by atoms with van der Waals surface area (Å²) in [6.07, 6.45) is 4.11. The summed E-state index contributed by atoms with van der Waals surface area (Å²) in [5.74, 6) is 0.757. The SMILES string of the molecule is CCCCOc1ccc(C(=O)NC2(CN)CC2)cc1. The molecule has 0 saturated heterocycles. The number of hydrogen-bond donors (Lipinski definition) is 2. The summed E-state index contributed by atoms with van der Waals surface area (Å²) in [6, 6.07) is 7.27. The van der Waals surface area contributed by atoms with Crippen LogP contribution in [0.4, 0.5) is 0 Å². The number of benzene rings is 1. The summed E-state index contributed by atoms with van der Waals surface area (Å²) >= 11 is 0. The van der Waals surface area contributed by atoms with E-state index in [0.29, 0.717) is 12.1 Å². The Kier molecular flexibility index (Phi) is 4.43. The number of rotatable bonds is 7. The summed E-state index contributed by atoms with van der Waals surface area (Å²) in [7, 11) is 0. The van der Waals surface area contributed by atoms with E-state index in [1.807, 2.05) is 12.1 Å². The van der Waals surface area contributed by atoms with Crippen LogP contribution in [0.3, 0.4) is 0 Å². The largest absolute Gasteiger partial charge is 0.494 e. The van der Waals surface area contributed by atoms with Gasteiger partial charge in [0.1, 0.15) is 5.75 Å². The molecule has 1 aromatic carbocycles. The van der Waals surface area contributed by atoms with Crippen molar-refractivity contribution >= 4 is 5.91 Å². The van der Waals surface area contributed by atoms with Crippen LogP contribution in [0.15, 0.2) is 24.3 Å². The number of ether oxygens (including phenoxy) is 1. The second-order valence-corrected chi connectivity index (χ2v) is 5.16. The van der Waals surface area contributed by atoms with E-state index in [0.717, 1.165) is 38.0 Å². The first kappa shape index (κ1) is 13.9. The summed E-state index contributed by atoms with van der Waals surface area (Å²) in [6.45, 7) is 3.36. The smallest absolute Gasteiger partial charge is 0.251 e. The summed E-state index contributed by atoms with van der Waals surface area (Å²) in [5, 5.41) is 3.00. The monoisotopic (exact) mass is 262 g/mol. The van der Waals surface area contributed by atoms with Crippen LogP contribution >= 0.6 is 0 Å². The predicted molar refractivity (Wildman–Crippen MR) is 75.3 cm³/mol. The van der Waals surface area contributed by atoms with Gasteiger partial charge < -0.3 is 15.8 Å². The van der Waals surface area contributed by atoms with E-state index in [1.165, 1.54) is 0 Å². The van der Waals surface area contributed by atoms with E-state index in [2.05, 4.69) is 12.2 Å². The molecular weight excluding hydrogens is 240 g/mol. The molecule has 1 saturated carbocycles. The number of amides is 1. The molecule has 1 aliphatic rings. The molecule has 4 heteroatoms. The molecule has 3 N–H and O–H groups in total. The number of nitrogens with one attached hydrogen (secondary N) is 1. The zero-order valence-corrected chi connectivity index (χ0v) is 11.4. The molecule has 104 valence electrons. The highest BCUT2D eigenvalue weighted by molar-refractivity contribution is 5.95. The van der Waals surface area contributed by atoms with Crippen molar-refractivity contribution in [2.45, 2.75) is 38.1 Å². The van der Waals surface area contributed by atoms with E-state index in [4.69, 9.17) is 10.5 Å². The molecule has 1 amide bonds. The highest BCUT2D eigenvalue weighted by Gasteiger charge is 2.42. The van der Waals surface area contributed by atoms with Gasteiger partial charge in [-0.15, -0.1) is 0 Å². The molecule has 0 radical (unpaired) electrons. The molecule has 0 spiro atoms. The molecule has 1 aliphatic carbocycles. The van der Waals surface area contributed by atoms with Gasteiger partial charge in [0.25, 0.3) is 5.91 Å². The van der Waals surface area contributed by atoms with Crippen LogP contribution in [-0.2, 0) is 0 Å². The Labute approximate surface area is 114 Å². The molecule has 4 nitrogen and oxygen atoms in total. The second-order valence-electron chi connectivity index (χ2n) is 5.16. The first-order valence-corrected chi connectivity index (χ1v) is 6.94. The van der Waals surface area contributed by atoms with Crippen LogP contribution in [0.5, 0.6) is 5.75 Å². The van der Waals surface area contributed by atoms with Crippen molar-refractivity contribution in [1.29, 1.82) is 0 Å². The van der Waals surface area contributed by atoms with Crippen molar-refractivity contribution in [3.63, 3.8) is 0 Å².